The second kappa shape index (κ2) is 6.13. The molecule has 0 fully saturated rings. The number of hydrogen-bond donors (Lipinski definition) is 2. The number of aryl methyl sites for hydroxylation is 1. The van der Waals surface area contributed by atoms with Crippen molar-refractivity contribution in [3.8, 4) is 22.8 Å². The highest BCUT2D eigenvalue weighted by molar-refractivity contribution is 7.07. The minimum absolute atomic E-state index is 0.00277. The van der Waals surface area contributed by atoms with Crippen LogP contribution in [0, 0.1) is 6.92 Å². The second-order valence-corrected chi connectivity index (χ2v) is 5.67. The van der Waals surface area contributed by atoms with Crippen molar-refractivity contribution in [2.24, 2.45) is 10.1 Å². The van der Waals surface area contributed by atoms with Gasteiger partial charge in [0.2, 0.25) is 4.80 Å². The summed E-state index contributed by atoms with van der Waals surface area (Å²) in [4.78, 5) is 4.86. The first-order valence-corrected chi connectivity index (χ1v) is 7.73. The summed E-state index contributed by atoms with van der Waals surface area (Å²) in [6, 6.07) is 8.12. The molecule has 0 amide bonds. The molecule has 0 saturated carbocycles. The minimum atomic E-state index is -0.0248. The first kappa shape index (κ1) is 15.1. The van der Waals surface area contributed by atoms with Crippen LogP contribution in [-0.4, -0.2) is 28.2 Å². The van der Waals surface area contributed by atoms with Crippen LogP contribution in [0.4, 0.5) is 0 Å². The molecule has 0 bridgehead atoms. The van der Waals surface area contributed by atoms with Gasteiger partial charge in [-0.15, -0.1) is 11.3 Å². The van der Waals surface area contributed by atoms with Crippen LogP contribution < -0.4 is 4.80 Å². The molecule has 1 aromatic carbocycles. The van der Waals surface area contributed by atoms with E-state index in [0.29, 0.717) is 21.8 Å². The lowest BCUT2D eigenvalue weighted by molar-refractivity contribution is 0.451. The molecule has 0 saturated heterocycles. The molecule has 2 N–H and O–H groups in total. The molecule has 2 heterocycles. The van der Waals surface area contributed by atoms with Gasteiger partial charge in [0.05, 0.1) is 11.9 Å². The molecule has 0 radical (unpaired) electrons. The monoisotopic (exact) mass is 329 g/mol. The van der Waals surface area contributed by atoms with E-state index in [1.807, 2.05) is 24.4 Å². The molecular weight excluding hydrogens is 314 g/mol. The highest BCUT2D eigenvalue weighted by atomic mass is 32.1. The van der Waals surface area contributed by atoms with Gasteiger partial charge in [-0.25, -0.2) is 4.68 Å². The zero-order chi connectivity index (χ0) is 16.4. The largest absolute Gasteiger partial charge is 0.508 e. The number of aromatic hydroxyl groups is 2. The average Bonchev–Trinajstić information content (AvgIpc) is 3.11. The van der Waals surface area contributed by atoms with E-state index in [-0.39, 0.29) is 11.5 Å². The summed E-state index contributed by atoms with van der Waals surface area (Å²) in [7, 11) is 1.68. The van der Waals surface area contributed by atoms with Gasteiger partial charge in [0.1, 0.15) is 23.0 Å². The maximum absolute atomic E-state index is 10.1. The Balaban J connectivity index is 2.09. The first-order valence-electron chi connectivity index (χ1n) is 6.85. The Morgan fingerprint density at radius 2 is 2.04 bits per heavy atom. The van der Waals surface area contributed by atoms with Crippen molar-refractivity contribution in [3.05, 3.63) is 52.0 Å². The van der Waals surface area contributed by atoms with Gasteiger partial charge in [-0.05, 0) is 31.2 Å². The number of benzene rings is 1. The van der Waals surface area contributed by atoms with E-state index in [2.05, 4.69) is 10.1 Å². The lowest BCUT2D eigenvalue weighted by Crippen LogP contribution is -2.11. The SMILES string of the molecule is CN=c1scc(-c2ccc(O)cc2O)n1N=Cc1ccc(C)o1. The van der Waals surface area contributed by atoms with Gasteiger partial charge in [-0.3, -0.25) is 4.99 Å². The summed E-state index contributed by atoms with van der Waals surface area (Å²) in [5.74, 6) is 1.41. The number of furan rings is 1. The van der Waals surface area contributed by atoms with Crippen molar-refractivity contribution < 1.29 is 14.6 Å². The number of rotatable bonds is 3. The van der Waals surface area contributed by atoms with E-state index in [1.165, 1.54) is 23.5 Å². The average molecular weight is 329 g/mol. The maximum Gasteiger partial charge on any atom is 0.205 e. The van der Waals surface area contributed by atoms with Crippen LogP contribution in [0.2, 0.25) is 0 Å². The molecule has 0 unspecified atom stereocenters. The summed E-state index contributed by atoms with van der Waals surface area (Å²) in [5, 5.41) is 25.8. The fourth-order valence-electron chi connectivity index (χ4n) is 2.12. The van der Waals surface area contributed by atoms with Crippen LogP contribution in [0.15, 0.2) is 50.2 Å². The molecule has 6 nitrogen and oxygen atoms in total. The Hall–Kier alpha value is -2.80. The summed E-state index contributed by atoms with van der Waals surface area (Å²) in [5.41, 5.74) is 1.23. The van der Waals surface area contributed by atoms with Crippen LogP contribution in [0.5, 0.6) is 11.5 Å². The molecule has 0 atom stereocenters. The first-order chi connectivity index (χ1) is 11.1. The summed E-state index contributed by atoms with van der Waals surface area (Å²) < 4.78 is 7.09. The van der Waals surface area contributed by atoms with E-state index in [1.54, 1.807) is 24.0 Å². The molecule has 118 valence electrons. The van der Waals surface area contributed by atoms with E-state index in [0.717, 1.165) is 5.76 Å². The highest BCUT2D eigenvalue weighted by Gasteiger charge is 2.12. The van der Waals surface area contributed by atoms with Crippen LogP contribution in [0.1, 0.15) is 11.5 Å². The molecule has 0 aliphatic rings. The third-order valence-corrected chi connectivity index (χ3v) is 4.10. The molecule has 3 aromatic rings. The molecule has 23 heavy (non-hydrogen) atoms. The Kier molecular flexibility index (Phi) is 4.03. The van der Waals surface area contributed by atoms with E-state index in [4.69, 9.17) is 4.42 Å². The highest BCUT2D eigenvalue weighted by Crippen LogP contribution is 2.32. The Bertz CT molecular complexity index is 934. The molecule has 0 spiro atoms. The number of phenols is 2. The van der Waals surface area contributed by atoms with Gasteiger partial charge in [0.25, 0.3) is 0 Å². The Morgan fingerprint density at radius 3 is 2.70 bits per heavy atom. The third-order valence-electron chi connectivity index (χ3n) is 3.20. The zero-order valence-corrected chi connectivity index (χ0v) is 13.4. The summed E-state index contributed by atoms with van der Waals surface area (Å²) >= 11 is 1.40. The van der Waals surface area contributed by atoms with Crippen molar-refractivity contribution in [1.29, 1.82) is 0 Å². The Labute approximate surface area is 136 Å². The number of hydrogen-bond acceptors (Lipinski definition) is 6. The maximum atomic E-state index is 10.1. The lowest BCUT2D eigenvalue weighted by Gasteiger charge is -2.06. The number of phenolic OH excluding ortho intramolecular Hbond substituents is 2. The molecule has 3 rings (SSSR count). The third kappa shape index (κ3) is 3.04. The summed E-state index contributed by atoms with van der Waals surface area (Å²) in [6.07, 6.45) is 1.59. The van der Waals surface area contributed by atoms with Crippen LogP contribution >= 0.6 is 11.3 Å². The van der Waals surface area contributed by atoms with Gasteiger partial charge in [0, 0.05) is 24.1 Å². The molecular formula is C16H15N3O3S. The lowest BCUT2D eigenvalue weighted by atomic mass is 10.1. The fourth-order valence-corrected chi connectivity index (χ4v) is 2.92. The number of aromatic nitrogens is 1. The molecule has 0 aliphatic carbocycles. The van der Waals surface area contributed by atoms with Gasteiger partial charge < -0.3 is 14.6 Å². The van der Waals surface area contributed by atoms with Crippen molar-refractivity contribution in [2.75, 3.05) is 7.05 Å². The van der Waals surface area contributed by atoms with Crippen molar-refractivity contribution >= 4 is 17.6 Å². The predicted molar refractivity (Wildman–Crippen MR) is 89.0 cm³/mol. The molecule has 0 aliphatic heterocycles. The van der Waals surface area contributed by atoms with E-state index < -0.39 is 0 Å². The zero-order valence-electron chi connectivity index (χ0n) is 12.6. The van der Waals surface area contributed by atoms with Gasteiger partial charge in [-0.2, -0.15) is 5.10 Å². The topological polar surface area (TPSA) is 83.3 Å². The van der Waals surface area contributed by atoms with Crippen molar-refractivity contribution in [2.45, 2.75) is 6.92 Å². The van der Waals surface area contributed by atoms with Crippen molar-refractivity contribution in [1.82, 2.24) is 4.68 Å². The van der Waals surface area contributed by atoms with Crippen LogP contribution in [-0.2, 0) is 0 Å². The standard InChI is InChI=1S/C16H15N3O3S/c1-10-3-5-12(22-10)8-18-19-14(9-23-16(19)17-2)13-6-4-11(20)7-15(13)21/h3-9,20-21H,1-2H3. The van der Waals surface area contributed by atoms with Crippen LogP contribution in [0.3, 0.4) is 0 Å². The number of nitrogens with zero attached hydrogens (tertiary/aromatic N) is 3. The summed E-state index contributed by atoms with van der Waals surface area (Å²) in [6.45, 7) is 1.86. The smallest absolute Gasteiger partial charge is 0.205 e. The second-order valence-electron chi connectivity index (χ2n) is 4.83. The van der Waals surface area contributed by atoms with Gasteiger partial charge in [0.15, 0.2) is 0 Å². The normalized spacial score (nSPS) is 12.3. The quantitative estimate of drug-likeness (QED) is 0.725. The van der Waals surface area contributed by atoms with Crippen molar-refractivity contribution in [3.63, 3.8) is 0 Å². The van der Waals surface area contributed by atoms with Gasteiger partial charge >= 0.3 is 0 Å². The van der Waals surface area contributed by atoms with E-state index in [9.17, 15) is 10.2 Å². The minimum Gasteiger partial charge on any atom is -0.508 e. The fraction of sp³-hybridized carbons (Fsp3) is 0.125. The predicted octanol–water partition coefficient (Wildman–Crippen LogP) is 2.94. The van der Waals surface area contributed by atoms with Gasteiger partial charge in [-0.1, -0.05) is 0 Å². The molecule has 2 aromatic heterocycles. The van der Waals surface area contributed by atoms with E-state index >= 15 is 0 Å². The number of thiazole rings is 1. The Morgan fingerprint density at radius 1 is 1.22 bits per heavy atom. The molecule has 7 heteroatoms. The van der Waals surface area contributed by atoms with Crippen LogP contribution in [0.25, 0.3) is 11.3 Å².